The van der Waals surface area contributed by atoms with Gasteiger partial charge >= 0.3 is 0 Å². The summed E-state index contributed by atoms with van der Waals surface area (Å²) in [5.41, 5.74) is 11.1. The fourth-order valence-corrected chi connectivity index (χ4v) is 1.23. The Morgan fingerprint density at radius 1 is 1.28 bits per heavy atom. The van der Waals surface area contributed by atoms with Gasteiger partial charge < -0.3 is 21.5 Å². The standard InChI is InChI=1S/C12H17N3O3/c1-8(12(14)17)15-6-9-2-4-10(5-3-9)18-7-11(13)16/h2-5,8,15H,6-7H2,1H3,(H2,13,16)(H2,14,17). The van der Waals surface area contributed by atoms with E-state index in [9.17, 15) is 9.59 Å². The first-order chi connectivity index (χ1) is 8.49. The molecule has 1 unspecified atom stereocenters. The number of benzene rings is 1. The highest BCUT2D eigenvalue weighted by molar-refractivity contribution is 5.79. The summed E-state index contributed by atoms with van der Waals surface area (Å²) in [6, 6.07) is 6.74. The molecule has 0 aliphatic rings. The van der Waals surface area contributed by atoms with Crippen LogP contribution in [0.4, 0.5) is 0 Å². The second-order valence-electron chi connectivity index (χ2n) is 3.90. The van der Waals surface area contributed by atoms with Crippen LogP contribution in [0, 0.1) is 0 Å². The molecule has 18 heavy (non-hydrogen) atoms. The summed E-state index contributed by atoms with van der Waals surface area (Å²) < 4.78 is 5.12. The molecule has 2 amide bonds. The average Bonchev–Trinajstić information content (AvgIpc) is 2.34. The quantitative estimate of drug-likeness (QED) is 0.608. The molecule has 1 aromatic rings. The molecule has 5 N–H and O–H groups in total. The van der Waals surface area contributed by atoms with Crippen LogP contribution in [0.3, 0.4) is 0 Å². The van der Waals surface area contributed by atoms with Gasteiger partial charge in [-0.25, -0.2) is 0 Å². The van der Waals surface area contributed by atoms with Gasteiger partial charge in [-0.3, -0.25) is 9.59 Å². The van der Waals surface area contributed by atoms with E-state index in [0.29, 0.717) is 12.3 Å². The van der Waals surface area contributed by atoms with Gasteiger partial charge in [0.25, 0.3) is 5.91 Å². The van der Waals surface area contributed by atoms with Crippen LogP contribution in [0.5, 0.6) is 5.75 Å². The number of nitrogens with two attached hydrogens (primary N) is 2. The molecule has 0 aliphatic heterocycles. The third-order valence-corrected chi connectivity index (χ3v) is 2.34. The summed E-state index contributed by atoms with van der Waals surface area (Å²) in [6.45, 7) is 2.09. The number of amides is 2. The maximum atomic E-state index is 10.8. The number of primary amides is 2. The Balaban J connectivity index is 2.45. The molecule has 0 fully saturated rings. The van der Waals surface area contributed by atoms with Crippen molar-refractivity contribution in [2.24, 2.45) is 11.5 Å². The lowest BCUT2D eigenvalue weighted by atomic mass is 10.2. The molecule has 1 atom stereocenters. The zero-order valence-electron chi connectivity index (χ0n) is 10.2. The normalized spacial score (nSPS) is 11.8. The molecule has 98 valence electrons. The molecule has 0 heterocycles. The second kappa shape index (κ2) is 6.61. The van der Waals surface area contributed by atoms with Crippen molar-refractivity contribution < 1.29 is 14.3 Å². The highest BCUT2D eigenvalue weighted by atomic mass is 16.5. The maximum Gasteiger partial charge on any atom is 0.255 e. The van der Waals surface area contributed by atoms with Crippen molar-refractivity contribution in [3.05, 3.63) is 29.8 Å². The molecule has 0 saturated heterocycles. The van der Waals surface area contributed by atoms with Crippen molar-refractivity contribution in [2.45, 2.75) is 19.5 Å². The molecule has 1 rings (SSSR count). The highest BCUT2D eigenvalue weighted by Gasteiger charge is 2.06. The summed E-state index contributed by atoms with van der Waals surface area (Å²) in [5, 5.41) is 2.98. The molecular weight excluding hydrogens is 234 g/mol. The van der Waals surface area contributed by atoms with Crippen molar-refractivity contribution in [3.63, 3.8) is 0 Å². The molecule has 6 nitrogen and oxygen atoms in total. The third-order valence-electron chi connectivity index (χ3n) is 2.34. The highest BCUT2D eigenvalue weighted by Crippen LogP contribution is 2.11. The number of carbonyl (C=O) groups excluding carboxylic acids is 2. The average molecular weight is 251 g/mol. The van der Waals surface area contributed by atoms with Crippen LogP contribution in [0.1, 0.15) is 12.5 Å². The molecule has 0 spiro atoms. The van der Waals surface area contributed by atoms with Gasteiger partial charge in [0.1, 0.15) is 5.75 Å². The van der Waals surface area contributed by atoms with Crippen LogP contribution in [0.25, 0.3) is 0 Å². The second-order valence-corrected chi connectivity index (χ2v) is 3.90. The van der Waals surface area contributed by atoms with Crippen LogP contribution in [-0.4, -0.2) is 24.5 Å². The zero-order valence-corrected chi connectivity index (χ0v) is 10.2. The molecule has 1 aromatic carbocycles. The van der Waals surface area contributed by atoms with Gasteiger partial charge in [0.15, 0.2) is 6.61 Å². The lowest BCUT2D eigenvalue weighted by Crippen LogP contribution is -2.38. The van der Waals surface area contributed by atoms with Gasteiger partial charge in [-0.1, -0.05) is 12.1 Å². The summed E-state index contributed by atoms with van der Waals surface area (Å²) in [7, 11) is 0. The van der Waals surface area contributed by atoms with Crippen molar-refractivity contribution in [1.82, 2.24) is 5.32 Å². The first-order valence-corrected chi connectivity index (χ1v) is 5.52. The fraction of sp³-hybridized carbons (Fsp3) is 0.333. The Hall–Kier alpha value is -2.08. The van der Waals surface area contributed by atoms with E-state index in [1.165, 1.54) is 0 Å². The molecule has 0 radical (unpaired) electrons. The Kier molecular flexibility index (Phi) is 5.13. The van der Waals surface area contributed by atoms with Crippen molar-refractivity contribution in [3.8, 4) is 5.75 Å². The van der Waals surface area contributed by atoms with E-state index in [0.717, 1.165) is 5.56 Å². The molecule has 0 aliphatic carbocycles. The van der Waals surface area contributed by atoms with Gasteiger partial charge in [-0.2, -0.15) is 0 Å². The van der Waals surface area contributed by atoms with Crippen molar-refractivity contribution in [2.75, 3.05) is 6.61 Å². The Morgan fingerprint density at radius 3 is 2.39 bits per heavy atom. The molecule has 0 bridgehead atoms. The Labute approximate surface area is 105 Å². The number of hydrogen-bond donors (Lipinski definition) is 3. The minimum Gasteiger partial charge on any atom is -0.484 e. The maximum absolute atomic E-state index is 10.8. The van der Waals surface area contributed by atoms with E-state index in [2.05, 4.69) is 5.32 Å². The SMILES string of the molecule is CC(NCc1ccc(OCC(N)=O)cc1)C(N)=O. The number of carbonyl (C=O) groups is 2. The zero-order chi connectivity index (χ0) is 13.5. The van der Waals surface area contributed by atoms with E-state index in [-0.39, 0.29) is 12.6 Å². The summed E-state index contributed by atoms with van der Waals surface area (Å²) >= 11 is 0. The predicted molar refractivity (Wildman–Crippen MR) is 66.6 cm³/mol. The van der Waals surface area contributed by atoms with E-state index < -0.39 is 11.8 Å². The lowest BCUT2D eigenvalue weighted by molar-refractivity contribution is -0.120. The summed E-state index contributed by atoms with van der Waals surface area (Å²) in [4.78, 5) is 21.3. The van der Waals surface area contributed by atoms with Gasteiger partial charge in [-0.05, 0) is 24.6 Å². The number of rotatable bonds is 7. The lowest BCUT2D eigenvalue weighted by Gasteiger charge is -2.10. The van der Waals surface area contributed by atoms with Crippen LogP contribution in [-0.2, 0) is 16.1 Å². The van der Waals surface area contributed by atoms with E-state index in [1.54, 1.807) is 19.1 Å². The van der Waals surface area contributed by atoms with Gasteiger partial charge in [0, 0.05) is 6.54 Å². The minimum atomic E-state index is -0.518. The van der Waals surface area contributed by atoms with Crippen molar-refractivity contribution in [1.29, 1.82) is 0 Å². The molecule has 6 heteroatoms. The smallest absolute Gasteiger partial charge is 0.255 e. The molecule has 0 saturated carbocycles. The molecular formula is C12H17N3O3. The minimum absolute atomic E-state index is 0.143. The predicted octanol–water partition coefficient (Wildman–Crippen LogP) is -0.486. The first-order valence-electron chi connectivity index (χ1n) is 5.52. The van der Waals surface area contributed by atoms with E-state index in [1.807, 2.05) is 12.1 Å². The first kappa shape index (κ1) is 14.0. The molecule has 0 aromatic heterocycles. The van der Waals surface area contributed by atoms with Gasteiger partial charge in [-0.15, -0.1) is 0 Å². The number of nitrogens with one attached hydrogen (secondary N) is 1. The van der Waals surface area contributed by atoms with Gasteiger partial charge in [0.05, 0.1) is 6.04 Å². The summed E-state index contributed by atoms with van der Waals surface area (Å²) in [5.74, 6) is -0.340. The Bertz CT molecular complexity index is 417. The largest absolute Gasteiger partial charge is 0.484 e. The Morgan fingerprint density at radius 2 is 1.89 bits per heavy atom. The number of hydrogen-bond acceptors (Lipinski definition) is 4. The van der Waals surface area contributed by atoms with Crippen LogP contribution >= 0.6 is 0 Å². The van der Waals surface area contributed by atoms with Crippen molar-refractivity contribution >= 4 is 11.8 Å². The summed E-state index contributed by atoms with van der Waals surface area (Å²) in [6.07, 6.45) is 0. The fourth-order valence-electron chi connectivity index (χ4n) is 1.23. The van der Waals surface area contributed by atoms with E-state index in [4.69, 9.17) is 16.2 Å². The van der Waals surface area contributed by atoms with Crippen LogP contribution < -0.4 is 21.5 Å². The topological polar surface area (TPSA) is 107 Å². The van der Waals surface area contributed by atoms with Crippen LogP contribution in [0.15, 0.2) is 24.3 Å². The van der Waals surface area contributed by atoms with E-state index >= 15 is 0 Å². The monoisotopic (exact) mass is 251 g/mol. The third kappa shape index (κ3) is 4.84. The van der Waals surface area contributed by atoms with Crippen LogP contribution in [0.2, 0.25) is 0 Å². The van der Waals surface area contributed by atoms with Gasteiger partial charge in [0.2, 0.25) is 5.91 Å². The number of ether oxygens (including phenoxy) is 1.